The number of likely N-dealkylation sites (tertiary alicyclic amines) is 1. The molecule has 0 radical (unpaired) electrons. The number of hydrogen-bond donors (Lipinski definition) is 1. The van der Waals surface area contributed by atoms with Crippen LogP contribution in [-0.2, 0) is 11.2 Å². The molecule has 1 aromatic rings. The lowest BCUT2D eigenvalue weighted by molar-refractivity contribution is -0.133. The number of nitrogens with zero attached hydrogens (tertiary/aromatic N) is 1. The lowest BCUT2D eigenvalue weighted by Crippen LogP contribution is -2.40. The van der Waals surface area contributed by atoms with Crippen LogP contribution in [0, 0.1) is 5.92 Å². The van der Waals surface area contributed by atoms with E-state index in [1.54, 1.807) is 11.3 Å². The zero-order valence-electron chi connectivity index (χ0n) is 10.7. The average molecular weight is 267 g/mol. The Morgan fingerprint density at radius 2 is 2.44 bits per heavy atom. The first-order valence-corrected chi connectivity index (χ1v) is 7.58. The molecule has 1 unspecified atom stereocenters. The summed E-state index contributed by atoms with van der Waals surface area (Å²) in [6.45, 7) is 1.97. The van der Waals surface area contributed by atoms with Gasteiger partial charge in [0.1, 0.15) is 0 Å². The minimum atomic E-state index is 0.238. The van der Waals surface area contributed by atoms with Gasteiger partial charge in [-0.1, -0.05) is 6.07 Å². The molecule has 0 spiro atoms. The first-order chi connectivity index (χ1) is 8.79. The summed E-state index contributed by atoms with van der Waals surface area (Å²) >= 11 is 1.72. The lowest BCUT2D eigenvalue weighted by Gasteiger charge is -2.32. The smallest absolute Gasteiger partial charge is 0.222 e. The second-order valence-electron chi connectivity index (χ2n) is 4.94. The van der Waals surface area contributed by atoms with Gasteiger partial charge in [0.15, 0.2) is 0 Å². The van der Waals surface area contributed by atoms with Crippen LogP contribution >= 0.6 is 11.3 Å². The summed E-state index contributed by atoms with van der Waals surface area (Å²) in [5, 5.41) is 11.0. The van der Waals surface area contributed by atoms with E-state index in [9.17, 15) is 4.79 Å². The van der Waals surface area contributed by atoms with E-state index in [1.165, 1.54) is 4.88 Å². The number of carbonyl (C=O) groups is 1. The van der Waals surface area contributed by atoms with Crippen molar-refractivity contribution in [3.63, 3.8) is 0 Å². The Morgan fingerprint density at radius 1 is 1.56 bits per heavy atom. The Labute approximate surface area is 112 Å². The number of aryl methyl sites for hydroxylation is 1. The maximum absolute atomic E-state index is 12.1. The van der Waals surface area contributed by atoms with Gasteiger partial charge in [-0.15, -0.1) is 11.3 Å². The molecule has 3 nitrogen and oxygen atoms in total. The van der Waals surface area contributed by atoms with Gasteiger partial charge in [-0.25, -0.2) is 0 Å². The molecule has 4 heteroatoms. The molecule has 1 aliphatic heterocycles. The first kappa shape index (κ1) is 13.6. The molecule has 1 atom stereocenters. The zero-order valence-corrected chi connectivity index (χ0v) is 11.5. The van der Waals surface area contributed by atoms with Gasteiger partial charge in [0, 0.05) is 31.0 Å². The Bertz CT molecular complexity index is 362. The fourth-order valence-corrected chi connectivity index (χ4v) is 3.26. The predicted octanol–water partition coefficient (Wildman–Crippen LogP) is 2.30. The summed E-state index contributed by atoms with van der Waals surface area (Å²) in [4.78, 5) is 15.4. The van der Waals surface area contributed by atoms with Crippen LogP contribution in [-0.4, -0.2) is 35.6 Å². The van der Waals surface area contributed by atoms with Crippen LogP contribution in [0.4, 0.5) is 0 Å². The maximum atomic E-state index is 12.1. The van der Waals surface area contributed by atoms with Crippen LogP contribution in [0.5, 0.6) is 0 Å². The molecular formula is C14H21NO2S. The first-order valence-electron chi connectivity index (χ1n) is 6.70. The summed E-state index contributed by atoms with van der Waals surface area (Å²) in [6, 6.07) is 4.12. The van der Waals surface area contributed by atoms with Crippen LogP contribution < -0.4 is 0 Å². The zero-order chi connectivity index (χ0) is 12.8. The summed E-state index contributed by atoms with van der Waals surface area (Å²) in [7, 11) is 0. The van der Waals surface area contributed by atoms with E-state index >= 15 is 0 Å². The Morgan fingerprint density at radius 3 is 3.17 bits per heavy atom. The third kappa shape index (κ3) is 3.82. The van der Waals surface area contributed by atoms with Crippen LogP contribution in [0.15, 0.2) is 17.5 Å². The molecule has 0 bridgehead atoms. The monoisotopic (exact) mass is 267 g/mol. The van der Waals surface area contributed by atoms with Gasteiger partial charge < -0.3 is 10.0 Å². The molecule has 2 heterocycles. The number of rotatable bonds is 5. The topological polar surface area (TPSA) is 40.5 Å². The van der Waals surface area contributed by atoms with E-state index < -0.39 is 0 Å². The molecule has 0 aromatic carbocycles. The van der Waals surface area contributed by atoms with Crippen molar-refractivity contribution in [1.29, 1.82) is 0 Å². The summed E-state index contributed by atoms with van der Waals surface area (Å²) < 4.78 is 0. The van der Waals surface area contributed by atoms with E-state index in [1.807, 2.05) is 11.0 Å². The van der Waals surface area contributed by atoms with Gasteiger partial charge >= 0.3 is 0 Å². The van der Waals surface area contributed by atoms with E-state index in [0.29, 0.717) is 12.3 Å². The van der Waals surface area contributed by atoms with Crippen LogP contribution in [0.25, 0.3) is 0 Å². The van der Waals surface area contributed by atoms with Gasteiger partial charge in [-0.05, 0) is 43.0 Å². The molecule has 1 aliphatic rings. The van der Waals surface area contributed by atoms with E-state index in [2.05, 4.69) is 11.4 Å². The molecule has 1 N–H and O–H groups in total. The van der Waals surface area contributed by atoms with Crippen molar-refractivity contribution in [2.24, 2.45) is 5.92 Å². The quantitative estimate of drug-likeness (QED) is 0.889. The van der Waals surface area contributed by atoms with Gasteiger partial charge in [0.2, 0.25) is 5.91 Å². The number of aliphatic hydroxyl groups excluding tert-OH is 1. The van der Waals surface area contributed by atoms with E-state index in [4.69, 9.17) is 5.11 Å². The SMILES string of the molecule is O=C(CCc1cccs1)N1CCCC(CCO)C1. The third-order valence-corrected chi connectivity index (χ3v) is 4.51. The molecule has 2 rings (SSSR count). The highest BCUT2D eigenvalue weighted by Crippen LogP contribution is 2.20. The molecule has 100 valence electrons. The van der Waals surface area contributed by atoms with Crippen LogP contribution in [0.3, 0.4) is 0 Å². The second-order valence-corrected chi connectivity index (χ2v) is 5.97. The highest BCUT2D eigenvalue weighted by Gasteiger charge is 2.22. The Hall–Kier alpha value is -0.870. The number of amides is 1. The number of hydrogen-bond acceptors (Lipinski definition) is 3. The number of piperidine rings is 1. The normalized spacial score (nSPS) is 20.1. The van der Waals surface area contributed by atoms with Gasteiger partial charge in [0.25, 0.3) is 0 Å². The maximum Gasteiger partial charge on any atom is 0.222 e. The predicted molar refractivity (Wildman–Crippen MR) is 73.6 cm³/mol. The van der Waals surface area contributed by atoms with Crippen molar-refractivity contribution in [1.82, 2.24) is 4.90 Å². The Balaban J connectivity index is 1.77. The number of aliphatic hydroxyl groups is 1. The van der Waals surface area contributed by atoms with Gasteiger partial charge in [-0.3, -0.25) is 4.79 Å². The summed E-state index contributed by atoms with van der Waals surface area (Å²) in [6.07, 6.45) is 4.53. The molecule has 1 fully saturated rings. The molecule has 0 saturated carbocycles. The summed E-state index contributed by atoms with van der Waals surface area (Å²) in [5.74, 6) is 0.764. The summed E-state index contributed by atoms with van der Waals surface area (Å²) in [5.41, 5.74) is 0. The lowest BCUT2D eigenvalue weighted by atomic mass is 9.95. The minimum Gasteiger partial charge on any atom is -0.396 e. The molecule has 1 amide bonds. The van der Waals surface area contributed by atoms with Crippen molar-refractivity contribution in [2.45, 2.75) is 32.1 Å². The van der Waals surface area contributed by atoms with Crippen molar-refractivity contribution in [2.75, 3.05) is 19.7 Å². The fraction of sp³-hybridized carbons (Fsp3) is 0.643. The standard InChI is InChI=1S/C14H21NO2S/c16-9-7-12-3-1-8-15(11-12)14(17)6-5-13-4-2-10-18-13/h2,4,10,12,16H,1,3,5-9,11H2. The van der Waals surface area contributed by atoms with Crippen LogP contribution in [0.2, 0.25) is 0 Å². The number of carbonyl (C=O) groups excluding carboxylic acids is 1. The number of thiophene rings is 1. The molecule has 0 aliphatic carbocycles. The van der Waals surface area contributed by atoms with Crippen molar-refractivity contribution < 1.29 is 9.90 Å². The molecule has 1 aromatic heterocycles. The van der Waals surface area contributed by atoms with E-state index in [0.717, 1.165) is 38.8 Å². The second kappa shape index (κ2) is 6.90. The molecule has 1 saturated heterocycles. The van der Waals surface area contributed by atoms with Crippen molar-refractivity contribution in [3.8, 4) is 0 Å². The van der Waals surface area contributed by atoms with Gasteiger partial charge in [0.05, 0.1) is 0 Å². The Kier molecular flexibility index (Phi) is 5.20. The minimum absolute atomic E-state index is 0.238. The highest BCUT2D eigenvalue weighted by molar-refractivity contribution is 7.09. The largest absolute Gasteiger partial charge is 0.396 e. The van der Waals surface area contributed by atoms with Crippen molar-refractivity contribution in [3.05, 3.63) is 22.4 Å². The fourth-order valence-electron chi connectivity index (χ4n) is 2.55. The molecular weight excluding hydrogens is 246 g/mol. The van der Waals surface area contributed by atoms with Crippen LogP contribution in [0.1, 0.15) is 30.6 Å². The van der Waals surface area contributed by atoms with Crippen molar-refractivity contribution >= 4 is 17.2 Å². The van der Waals surface area contributed by atoms with E-state index in [-0.39, 0.29) is 12.5 Å². The average Bonchev–Trinajstić information content (AvgIpc) is 2.90. The highest BCUT2D eigenvalue weighted by atomic mass is 32.1. The third-order valence-electron chi connectivity index (χ3n) is 3.57. The van der Waals surface area contributed by atoms with Gasteiger partial charge in [-0.2, -0.15) is 0 Å². The molecule has 18 heavy (non-hydrogen) atoms.